The van der Waals surface area contributed by atoms with Gasteiger partial charge in [0.15, 0.2) is 0 Å². The first-order chi connectivity index (χ1) is 20.5. The molecule has 1 aromatic heterocycles. The molecular weight excluding hydrogens is 590 g/mol. The first kappa shape index (κ1) is 34.8. The molecule has 0 saturated carbocycles. The number of amides is 1. The average Bonchev–Trinajstić information content (AvgIpc) is 2.91. The Labute approximate surface area is 251 Å². The van der Waals surface area contributed by atoms with Crippen molar-refractivity contribution in [2.45, 2.75) is 45.1 Å². The number of carbonyl (C=O) groups excluding carboxylic acids is 1. The molecule has 1 fully saturated rings. The lowest BCUT2D eigenvalue weighted by Crippen LogP contribution is -2.57. The molecule has 4 rings (SSSR count). The maximum atomic E-state index is 13.2. The third-order valence-corrected chi connectivity index (χ3v) is 7.41. The van der Waals surface area contributed by atoms with E-state index < -0.39 is 68.7 Å². The largest absolute Gasteiger partial charge is 0.480 e. The summed E-state index contributed by atoms with van der Waals surface area (Å²) >= 11 is 0. The lowest BCUT2D eigenvalue weighted by molar-refractivity contribution is -0.236. The Bertz CT molecular complexity index is 1430. The molecule has 3 aromatic rings. The van der Waals surface area contributed by atoms with Gasteiger partial charge in [0, 0.05) is 24.5 Å². The summed E-state index contributed by atoms with van der Waals surface area (Å²) in [6, 6.07) is 17.3. The minimum Gasteiger partial charge on any atom is -0.480 e. The number of fused-ring (bicyclic) bond motifs is 1. The maximum absolute atomic E-state index is 13.2. The number of hydrogen-bond donors (Lipinski definition) is 2. The number of aliphatic carboxylic acids is 1. The summed E-state index contributed by atoms with van der Waals surface area (Å²) in [5.74, 6) is -3.03. The van der Waals surface area contributed by atoms with Gasteiger partial charge in [-0.15, -0.1) is 0 Å². The van der Waals surface area contributed by atoms with E-state index in [-0.39, 0.29) is 0 Å². The second kappa shape index (κ2) is 14.4. The van der Waals surface area contributed by atoms with E-state index in [1.54, 1.807) is 5.32 Å². The van der Waals surface area contributed by atoms with E-state index in [9.17, 15) is 35.9 Å². The average molecular weight is 627 g/mol. The molecule has 2 aromatic carbocycles. The molecule has 1 saturated heterocycles. The van der Waals surface area contributed by atoms with Gasteiger partial charge < -0.3 is 15.3 Å². The molecular formula is C31H36F6N4O3. The van der Waals surface area contributed by atoms with Crippen LogP contribution in [-0.4, -0.2) is 84.4 Å². The lowest BCUT2D eigenvalue weighted by atomic mass is 9.76. The number of carbonyl (C=O) groups is 2. The fraction of sp³-hybridized carbons (Fsp3) is 0.452. The molecule has 1 aliphatic heterocycles. The van der Waals surface area contributed by atoms with Gasteiger partial charge in [0.2, 0.25) is 5.91 Å². The first-order valence-corrected chi connectivity index (χ1v) is 13.9. The maximum Gasteiger partial charge on any atom is 0.403 e. The Hall–Kier alpha value is -3.71. The smallest absolute Gasteiger partial charge is 0.403 e. The fourth-order valence-corrected chi connectivity index (χ4v) is 5.28. The van der Waals surface area contributed by atoms with Gasteiger partial charge in [0.1, 0.15) is 12.0 Å². The van der Waals surface area contributed by atoms with Gasteiger partial charge in [-0.1, -0.05) is 48.0 Å². The minimum absolute atomic E-state index is 0.556. The highest BCUT2D eigenvalue weighted by molar-refractivity contribution is 5.88. The van der Waals surface area contributed by atoms with Crippen molar-refractivity contribution in [3.63, 3.8) is 0 Å². The third-order valence-electron chi connectivity index (χ3n) is 7.41. The van der Waals surface area contributed by atoms with E-state index in [0.29, 0.717) is 0 Å². The molecule has 1 aliphatic rings. The summed E-state index contributed by atoms with van der Waals surface area (Å²) in [5.41, 5.74) is 2.27. The zero-order valence-corrected chi connectivity index (χ0v) is 24.7. The molecule has 2 heterocycles. The number of likely N-dealkylation sites (tertiary alicyclic amines) is 1. The lowest BCUT2D eigenvalue weighted by Gasteiger charge is -2.41. The molecule has 13 heteroatoms. The molecule has 0 bridgehead atoms. The molecule has 0 radical (unpaired) electrons. The van der Waals surface area contributed by atoms with Gasteiger partial charge in [0.05, 0.1) is 12.2 Å². The highest BCUT2D eigenvalue weighted by atomic mass is 19.4. The number of carboxylic acid groups (broad SMARTS) is 1. The van der Waals surface area contributed by atoms with Crippen LogP contribution in [0.25, 0.3) is 10.8 Å². The van der Waals surface area contributed by atoms with Crippen molar-refractivity contribution in [3.05, 3.63) is 77.1 Å². The second-order valence-corrected chi connectivity index (χ2v) is 11.2. The summed E-state index contributed by atoms with van der Waals surface area (Å²) in [6.45, 7) is -0.361. The summed E-state index contributed by atoms with van der Waals surface area (Å²) < 4.78 is 76.2. The van der Waals surface area contributed by atoms with E-state index in [1.807, 2.05) is 6.20 Å². The van der Waals surface area contributed by atoms with Gasteiger partial charge in [-0.3, -0.25) is 19.5 Å². The number of benzene rings is 2. The van der Waals surface area contributed by atoms with Crippen molar-refractivity contribution in [1.82, 2.24) is 20.1 Å². The zero-order valence-electron chi connectivity index (χ0n) is 24.7. The number of nitrogens with zero attached hydrogens (tertiary/aromatic N) is 3. The van der Waals surface area contributed by atoms with E-state index in [4.69, 9.17) is 5.11 Å². The molecule has 2 N–H and O–H groups in total. The van der Waals surface area contributed by atoms with E-state index >= 15 is 0 Å². The number of piperidine rings is 1. The van der Waals surface area contributed by atoms with Crippen molar-refractivity contribution < 1.29 is 41.0 Å². The quantitative estimate of drug-likeness (QED) is 0.317. The van der Waals surface area contributed by atoms with Gasteiger partial charge in [-0.25, -0.2) is 0 Å². The predicted molar refractivity (Wildman–Crippen MR) is 154 cm³/mol. The number of hydrogen-bond acceptors (Lipinski definition) is 5. The monoisotopic (exact) mass is 626 g/mol. The van der Waals surface area contributed by atoms with Crippen LogP contribution >= 0.6 is 0 Å². The van der Waals surface area contributed by atoms with Crippen molar-refractivity contribution in [2.75, 3.05) is 40.3 Å². The number of nitrogens with one attached hydrogen (secondary N) is 1. The molecule has 1 amide bonds. The zero-order chi connectivity index (χ0) is 32.7. The van der Waals surface area contributed by atoms with E-state index in [0.717, 1.165) is 23.6 Å². The Balaban J connectivity index is 0.000000240. The molecule has 240 valence electrons. The SMILES string of the molecule is Cc1cccc(Cc2nccc3c(CN(C)C)cccc23)c1.O=C(O)CNC(=O)C1(C(F)(F)F)CCN(CC(F)(F)F)CC1. The normalized spacial score (nSPS) is 15.5. The van der Waals surface area contributed by atoms with Crippen LogP contribution in [0, 0.1) is 12.3 Å². The molecule has 0 aliphatic carbocycles. The van der Waals surface area contributed by atoms with Crippen LogP contribution in [-0.2, 0) is 22.6 Å². The Morgan fingerprint density at radius 3 is 2.23 bits per heavy atom. The van der Waals surface area contributed by atoms with Crippen LogP contribution in [0.4, 0.5) is 26.3 Å². The third kappa shape index (κ3) is 9.39. The minimum atomic E-state index is -4.97. The number of halogens is 6. The predicted octanol–water partition coefficient (Wildman–Crippen LogP) is 5.59. The highest BCUT2D eigenvalue weighted by Crippen LogP contribution is 2.46. The number of rotatable bonds is 8. The van der Waals surface area contributed by atoms with Crippen LogP contribution in [0.15, 0.2) is 54.7 Å². The second-order valence-electron chi connectivity index (χ2n) is 11.2. The molecule has 0 spiro atoms. The molecule has 44 heavy (non-hydrogen) atoms. The highest BCUT2D eigenvalue weighted by Gasteiger charge is 2.61. The van der Waals surface area contributed by atoms with Crippen molar-refractivity contribution in [2.24, 2.45) is 5.41 Å². The molecule has 0 unspecified atom stereocenters. The van der Waals surface area contributed by atoms with Crippen molar-refractivity contribution >= 4 is 22.6 Å². The number of aromatic nitrogens is 1. The van der Waals surface area contributed by atoms with Gasteiger partial charge >= 0.3 is 18.3 Å². The van der Waals surface area contributed by atoms with Crippen LogP contribution in [0.3, 0.4) is 0 Å². The first-order valence-electron chi connectivity index (χ1n) is 13.9. The van der Waals surface area contributed by atoms with Crippen molar-refractivity contribution in [1.29, 1.82) is 0 Å². The fourth-order valence-electron chi connectivity index (χ4n) is 5.28. The van der Waals surface area contributed by atoms with Crippen LogP contribution < -0.4 is 5.32 Å². The number of alkyl halides is 6. The molecule has 0 atom stereocenters. The van der Waals surface area contributed by atoms with Crippen molar-refractivity contribution in [3.8, 4) is 0 Å². The van der Waals surface area contributed by atoms with Crippen LogP contribution in [0.1, 0.15) is 35.2 Å². The molecule has 7 nitrogen and oxygen atoms in total. The summed E-state index contributed by atoms with van der Waals surface area (Å²) in [5, 5.41) is 12.6. The Morgan fingerprint density at radius 2 is 1.66 bits per heavy atom. The number of pyridine rings is 1. The topological polar surface area (TPSA) is 85.8 Å². The Kier molecular flexibility index (Phi) is 11.4. The summed E-state index contributed by atoms with van der Waals surface area (Å²) in [7, 11) is 4.21. The van der Waals surface area contributed by atoms with Crippen LogP contribution in [0.5, 0.6) is 0 Å². The van der Waals surface area contributed by atoms with Crippen LogP contribution in [0.2, 0.25) is 0 Å². The van der Waals surface area contributed by atoms with Gasteiger partial charge in [-0.05, 0) is 69.5 Å². The standard InChI is InChI=1S/C20H22N2.C11H14F6N2O3/c1-15-6-4-7-16(12-15)13-20-19-9-5-8-17(14-22(2)3)18(19)10-11-21-20;12-10(13,14)6-19-3-1-9(2-4-19,11(15,16)17)8(22)18-5-7(20)21/h4-12H,13-14H2,1-3H3;1-6H2,(H,18,22)(H,20,21). The number of carboxylic acids is 1. The number of aryl methyl sites for hydroxylation is 1. The van der Waals surface area contributed by atoms with Gasteiger partial charge in [0.25, 0.3) is 0 Å². The van der Waals surface area contributed by atoms with Gasteiger partial charge in [-0.2, -0.15) is 26.3 Å². The summed E-state index contributed by atoms with van der Waals surface area (Å²) in [6.07, 6.45) is -8.39. The van der Waals surface area contributed by atoms with E-state index in [2.05, 4.69) is 79.4 Å². The Morgan fingerprint density at radius 1 is 1.00 bits per heavy atom. The van der Waals surface area contributed by atoms with E-state index in [1.165, 1.54) is 27.5 Å². The summed E-state index contributed by atoms with van der Waals surface area (Å²) in [4.78, 5) is 29.7.